The van der Waals surface area contributed by atoms with E-state index in [1.807, 2.05) is 24.3 Å². The van der Waals surface area contributed by atoms with Crippen LogP contribution in [0.1, 0.15) is 21.5 Å². The maximum Gasteiger partial charge on any atom is 0.255 e. The lowest BCUT2D eigenvalue weighted by molar-refractivity contribution is 0.0947. The van der Waals surface area contributed by atoms with Gasteiger partial charge in [0, 0.05) is 13.1 Å². The summed E-state index contributed by atoms with van der Waals surface area (Å²) in [5.74, 6) is -1.19. The van der Waals surface area contributed by atoms with E-state index in [0.29, 0.717) is 13.1 Å². The predicted octanol–water partition coefficient (Wildman–Crippen LogP) is 1.49. The van der Waals surface area contributed by atoms with Gasteiger partial charge >= 0.3 is 0 Å². The number of rotatable bonds is 4. The Morgan fingerprint density at radius 2 is 1.75 bits per heavy atom. The molecule has 1 amide bonds. The molecule has 0 radical (unpaired) electrons. The first kappa shape index (κ1) is 13.9. The number of amides is 1. The molecule has 2 aromatic carbocycles. The van der Waals surface area contributed by atoms with Gasteiger partial charge in [-0.2, -0.15) is 0 Å². The molecule has 5 heteroatoms. The summed E-state index contributed by atoms with van der Waals surface area (Å²) in [6.07, 6.45) is 0. The van der Waals surface area contributed by atoms with Crippen LogP contribution >= 0.6 is 0 Å². The van der Waals surface area contributed by atoms with Crippen molar-refractivity contribution in [1.29, 1.82) is 0 Å². The Bertz CT molecular complexity index is 626. The minimum atomic E-state index is -0.453. The smallest absolute Gasteiger partial charge is 0.255 e. The molecular weight excluding hydrogens is 256 g/mol. The molecule has 5 nitrogen and oxygen atoms in total. The Morgan fingerprint density at radius 1 is 1.05 bits per heavy atom. The van der Waals surface area contributed by atoms with Crippen LogP contribution in [0.25, 0.3) is 0 Å². The van der Waals surface area contributed by atoms with Crippen molar-refractivity contribution in [1.82, 2.24) is 5.32 Å². The molecule has 0 heterocycles. The molecule has 104 valence electrons. The number of hydrogen-bond acceptors (Lipinski definition) is 4. The van der Waals surface area contributed by atoms with Gasteiger partial charge in [-0.3, -0.25) is 4.79 Å². The summed E-state index contributed by atoms with van der Waals surface area (Å²) in [6, 6.07) is 11.8. The van der Waals surface area contributed by atoms with Gasteiger partial charge < -0.3 is 21.3 Å². The third-order valence-electron chi connectivity index (χ3n) is 3.04. The van der Waals surface area contributed by atoms with Crippen LogP contribution in [0.5, 0.6) is 11.5 Å². The van der Waals surface area contributed by atoms with E-state index in [9.17, 15) is 15.0 Å². The molecule has 2 rings (SSSR count). The van der Waals surface area contributed by atoms with Crippen LogP contribution in [-0.2, 0) is 13.1 Å². The van der Waals surface area contributed by atoms with E-state index in [1.54, 1.807) is 0 Å². The summed E-state index contributed by atoms with van der Waals surface area (Å²) in [4.78, 5) is 12.0. The topological polar surface area (TPSA) is 95.6 Å². The number of phenols is 2. The second-order valence-electron chi connectivity index (χ2n) is 4.33. The maximum absolute atomic E-state index is 12.0. The van der Waals surface area contributed by atoms with Crippen LogP contribution < -0.4 is 11.1 Å². The van der Waals surface area contributed by atoms with E-state index in [0.717, 1.165) is 11.1 Å². The zero-order valence-electron chi connectivity index (χ0n) is 10.8. The minimum absolute atomic E-state index is 0.0372. The fourth-order valence-corrected chi connectivity index (χ4v) is 1.91. The highest BCUT2D eigenvalue weighted by atomic mass is 16.3. The quantitative estimate of drug-likeness (QED) is 0.634. The van der Waals surface area contributed by atoms with Crippen LogP contribution in [0.3, 0.4) is 0 Å². The first-order valence-corrected chi connectivity index (χ1v) is 6.19. The van der Waals surface area contributed by atoms with Gasteiger partial charge in [-0.25, -0.2) is 0 Å². The van der Waals surface area contributed by atoms with Crippen LogP contribution in [0.15, 0.2) is 42.5 Å². The number of para-hydroxylation sites is 1. The summed E-state index contributed by atoms with van der Waals surface area (Å²) in [6.45, 7) is 0.699. The summed E-state index contributed by atoms with van der Waals surface area (Å²) in [7, 11) is 0. The highest BCUT2D eigenvalue weighted by Gasteiger charge is 2.13. The van der Waals surface area contributed by atoms with E-state index in [1.165, 1.54) is 18.2 Å². The van der Waals surface area contributed by atoms with Crippen molar-refractivity contribution in [2.24, 2.45) is 5.73 Å². The number of nitrogens with one attached hydrogen (secondary N) is 1. The summed E-state index contributed by atoms with van der Waals surface area (Å²) >= 11 is 0. The molecule has 0 unspecified atom stereocenters. The molecule has 20 heavy (non-hydrogen) atoms. The van der Waals surface area contributed by atoms with Gasteiger partial charge in [-0.15, -0.1) is 0 Å². The van der Waals surface area contributed by atoms with E-state index in [4.69, 9.17) is 5.73 Å². The molecule has 2 aromatic rings. The Kier molecular flexibility index (Phi) is 4.22. The van der Waals surface area contributed by atoms with Crippen molar-refractivity contribution in [2.75, 3.05) is 0 Å². The molecule has 5 N–H and O–H groups in total. The Balaban J connectivity index is 2.11. The van der Waals surface area contributed by atoms with Crippen LogP contribution in [0.2, 0.25) is 0 Å². The maximum atomic E-state index is 12.0. The lowest BCUT2D eigenvalue weighted by Gasteiger charge is -2.10. The molecule has 0 saturated heterocycles. The van der Waals surface area contributed by atoms with E-state index in [-0.39, 0.29) is 11.3 Å². The predicted molar refractivity (Wildman–Crippen MR) is 75.3 cm³/mol. The average molecular weight is 272 g/mol. The molecular formula is C15H16N2O3. The third-order valence-corrected chi connectivity index (χ3v) is 3.04. The molecule has 0 saturated carbocycles. The molecule has 0 aliphatic carbocycles. The van der Waals surface area contributed by atoms with Crippen LogP contribution in [0.4, 0.5) is 0 Å². The minimum Gasteiger partial charge on any atom is -0.504 e. The zero-order valence-corrected chi connectivity index (χ0v) is 10.8. The summed E-state index contributed by atoms with van der Waals surface area (Å²) in [5.41, 5.74) is 7.53. The third kappa shape index (κ3) is 2.89. The monoisotopic (exact) mass is 272 g/mol. The van der Waals surface area contributed by atoms with Crippen molar-refractivity contribution in [3.8, 4) is 11.5 Å². The van der Waals surface area contributed by atoms with Crippen LogP contribution in [0, 0.1) is 0 Å². The van der Waals surface area contributed by atoms with Gasteiger partial charge in [0.05, 0.1) is 5.56 Å². The number of nitrogens with two attached hydrogens (primary N) is 1. The van der Waals surface area contributed by atoms with E-state index in [2.05, 4.69) is 5.32 Å². The average Bonchev–Trinajstić information content (AvgIpc) is 2.48. The Labute approximate surface area is 116 Å². The fourth-order valence-electron chi connectivity index (χ4n) is 1.91. The first-order chi connectivity index (χ1) is 9.63. The number of carbonyl (C=O) groups is 1. The molecule has 0 aliphatic rings. The largest absolute Gasteiger partial charge is 0.504 e. The van der Waals surface area contributed by atoms with Crippen molar-refractivity contribution >= 4 is 5.91 Å². The van der Waals surface area contributed by atoms with Gasteiger partial charge in [-0.05, 0) is 23.3 Å². The second kappa shape index (κ2) is 6.08. The standard InChI is InChI=1S/C15H16N2O3/c16-8-10-4-1-2-5-11(10)9-17-15(20)12-6-3-7-13(18)14(12)19/h1-7,18-19H,8-9,16H2,(H,17,20). The number of carbonyl (C=O) groups excluding carboxylic acids is 1. The number of phenolic OH excluding ortho intramolecular Hbond substituents is 2. The molecule has 0 aliphatic heterocycles. The van der Waals surface area contributed by atoms with E-state index < -0.39 is 11.7 Å². The normalized spacial score (nSPS) is 10.2. The molecule has 0 aromatic heterocycles. The number of benzene rings is 2. The molecule has 0 atom stereocenters. The van der Waals surface area contributed by atoms with Crippen molar-refractivity contribution in [3.63, 3.8) is 0 Å². The lowest BCUT2D eigenvalue weighted by Crippen LogP contribution is -2.23. The first-order valence-electron chi connectivity index (χ1n) is 6.19. The van der Waals surface area contributed by atoms with Gasteiger partial charge in [0.15, 0.2) is 11.5 Å². The van der Waals surface area contributed by atoms with Gasteiger partial charge in [0.25, 0.3) is 5.91 Å². The van der Waals surface area contributed by atoms with Gasteiger partial charge in [-0.1, -0.05) is 30.3 Å². The number of aromatic hydroxyl groups is 2. The molecule has 0 bridgehead atoms. The zero-order chi connectivity index (χ0) is 14.5. The highest BCUT2D eigenvalue weighted by molar-refractivity contribution is 5.97. The van der Waals surface area contributed by atoms with E-state index >= 15 is 0 Å². The lowest BCUT2D eigenvalue weighted by atomic mass is 10.1. The molecule has 0 spiro atoms. The van der Waals surface area contributed by atoms with Crippen molar-refractivity contribution in [2.45, 2.75) is 13.1 Å². The highest BCUT2D eigenvalue weighted by Crippen LogP contribution is 2.27. The van der Waals surface area contributed by atoms with Crippen molar-refractivity contribution in [3.05, 3.63) is 59.2 Å². The van der Waals surface area contributed by atoms with Crippen LogP contribution in [-0.4, -0.2) is 16.1 Å². The van der Waals surface area contributed by atoms with Gasteiger partial charge in [0.1, 0.15) is 0 Å². The molecule has 0 fully saturated rings. The number of hydrogen-bond donors (Lipinski definition) is 4. The Morgan fingerprint density at radius 3 is 2.45 bits per heavy atom. The summed E-state index contributed by atoms with van der Waals surface area (Å²) in [5, 5.41) is 21.7. The summed E-state index contributed by atoms with van der Waals surface area (Å²) < 4.78 is 0. The Hall–Kier alpha value is -2.53. The van der Waals surface area contributed by atoms with Gasteiger partial charge in [0.2, 0.25) is 0 Å². The SMILES string of the molecule is NCc1ccccc1CNC(=O)c1cccc(O)c1O. The second-order valence-corrected chi connectivity index (χ2v) is 4.33. The fraction of sp³-hybridized carbons (Fsp3) is 0.133. The van der Waals surface area contributed by atoms with Crippen molar-refractivity contribution < 1.29 is 15.0 Å².